The molecule has 0 heterocycles. The third-order valence-electron chi connectivity index (χ3n) is 1.80. The molecule has 0 saturated carbocycles. The molecule has 0 N–H and O–H groups in total. The second kappa shape index (κ2) is 12.1. The third-order valence-corrected chi connectivity index (χ3v) is 6.09. The molecule has 6 heteroatoms. The van der Waals surface area contributed by atoms with Gasteiger partial charge in [-0.1, -0.05) is 30.6 Å². The normalized spacial score (nSPS) is 11.6. The van der Waals surface area contributed by atoms with Crippen molar-refractivity contribution in [2.24, 2.45) is 0 Å². The summed E-state index contributed by atoms with van der Waals surface area (Å²) < 4.78 is 0. The van der Waals surface area contributed by atoms with E-state index in [1.807, 2.05) is 0 Å². The number of hydrogen-bond donors (Lipinski definition) is 0. The van der Waals surface area contributed by atoms with Crippen molar-refractivity contribution in [1.82, 2.24) is 0 Å². The van der Waals surface area contributed by atoms with Crippen molar-refractivity contribution < 1.29 is 0 Å². The van der Waals surface area contributed by atoms with Crippen molar-refractivity contribution >= 4 is 65.4 Å². The smallest absolute Gasteiger partial charge is 0.105 e. The highest BCUT2D eigenvalue weighted by atomic mass is 35.5. The zero-order chi connectivity index (χ0) is 11.5. The minimum atomic E-state index is -0.179. The average Bonchev–Trinajstić information content (AvgIpc) is 2.14. The van der Waals surface area contributed by atoms with Gasteiger partial charge in [0.2, 0.25) is 0 Å². The molecule has 0 atom stereocenters. The summed E-state index contributed by atoms with van der Waals surface area (Å²) >= 11 is 22.5. The summed E-state index contributed by atoms with van der Waals surface area (Å²) in [5, 5.41) is 0. The van der Waals surface area contributed by atoms with E-state index in [0.717, 1.165) is 44.7 Å². The molecule has 88 valence electrons. The van der Waals surface area contributed by atoms with Gasteiger partial charge in [0.1, 0.15) is 9.67 Å². The quantitative estimate of drug-likeness (QED) is 0.309. The Morgan fingerprint density at radius 2 is 1.13 bits per heavy atom. The standard InChI is InChI=1S/C9H16Cl4Si2/c10-8(11)3-1-5-14-7-15-6-2-4-9(12)13/h8-9H,1-7H2. The summed E-state index contributed by atoms with van der Waals surface area (Å²) in [4.78, 5) is -0.358. The van der Waals surface area contributed by atoms with Gasteiger partial charge >= 0.3 is 0 Å². The molecule has 0 fully saturated rings. The highest BCUT2D eigenvalue weighted by molar-refractivity contribution is 6.55. The van der Waals surface area contributed by atoms with Gasteiger partial charge in [-0.05, 0) is 12.8 Å². The lowest BCUT2D eigenvalue weighted by molar-refractivity contribution is 0.850. The summed E-state index contributed by atoms with van der Waals surface area (Å²) in [6.45, 7) is 0. The Balaban J connectivity index is 2.93. The van der Waals surface area contributed by atoms with E-state index < -0.39 is 0 Å². The molecule has 0 aliphatic heterocycles. The first-order valence-corrected chi connectivity index (χ1v) is 9.68. The maximum atomic E-state index is 5.63. The van der Waals surface area contributed by atoms with Crippen molar-refractivity contribution in [3.05, 3.63) is 0 Å². The molecule has 0 spiro atoms. The lowest BCUT2D eigenvalue weighted by Gasteiger charge is -2.02. The lowest BCUT2D eigenvalue weighted by atomic mass is 10.4. The third kappa shape index (κ3) is 15.6. The van der Waals surface area contributed by atoms with Crippen LogP contribution in [-0.4, -0.2) is 28.7 Å². The van der Waals surface area contributed by atoms with Crippen molar-refractivity contribution in [3.8, 4) is 0 Å². The molecule has 0 unspecified atom stereocenters. The van der Waals surface area contributed by atoms with Gasteiger partial charge in [-0.15, -0.1) is 46.4 Å². The largest absolute Gasteiger partial charge is 0.107 e. The minimum Gasteiger partial charge on any atom is -0.105 e. The van der Waals surface area contributed by atoms with Crippen LogP contribution in [-0.2, 0) is 0 Å². The van der Waals surface area contributed by atoms with Gasteiger partial charge in [0, 0.05) is 19.0 Å². The van der Waals surface area contributed by atoms with Crippen LogP contribution in [0.3, 0.4) is 0 Å². The second-order valence-corrected chi connectivity index (χ2v) is 9.21. The molecule has 4 radical (unpaired) electrons. The van der Waals surface area contributed by atoms with Crippen LogP contribution in [0.5, 0.6) is 0 Å². The first-order valence-electron chi connectivity index (χ1n) is 5.10. The van der Waals surface area contributed by atoms with Crippen molar-refractivity contribution in [3.63, 3.8) is 0 Å². The Bertz CT molecular complexity index is 119. The van der Waals surface area contributed by atoms with Crippen LogP contribution < -0.4 is 0 Å². The van der Waals surface area contributed by atoms with Crippen LogP contribution in [0.4, 0.5) is 0 Å². The molecule has 0 aromatic carbocycles. The van der Waals surface area contributed by atoms with Crippen LogP contribution in [0.1, 0.15) is 25.7 Å². The molecular weight excluding hydrogens is 306 g/mol. The molecule has 0 aromatic rings. The molecule has 15 heavy (non-hydrogen) atoms. The fourth-order valence-electron chi connectivity index (χ4n) is 1.03. The Morgan fingerprint density at radius 3 is 1.47 bits per heavy atom. The number of rotatable bonds is 10. The highest BCUT2D eigenvalue weighted by Gasteiger charge is 2.00. The summed E-state index contributed by atoms with van der Waals surface area (Å²) in [7, 11) is 2.13. The zero-order valence-electron chi connectivity index (χ0n) is 8.62. The van der Waals surface area contributed by atoms with Gasteiger partial charge in [0.05, 0.1) is 0 Å². The number of hydrogen-bond acceptors (Lipinski definition) is 0. The van der Waals surface area contributed by atoms with E-state index in [0.29, 0.717) is 0 Å². The van der Waals surface area contributed by atoms with Crippen LogP contribution >= 0.6 is 46.4 Å². The molecule has 0 aliphatic rings. The Morgan fingerprint density at radius 1 is 0.733 bits per heavy atom. The van der Waals surface area contributed by atoms with Crippen molar-refractivity contribution in [2.45, 2.75) is 53.1 Å². The molecule has 0 bridgehead atoms. The molecule has 0 rings (SSSR count). The van der Waals surface area contributed by atoms with E-state index >= 15 is 0 Å². The molecule has 0 aromatic heterocycles. The predicted molar refractivity (Wildman–Crippen MR) is 75.4 cm³/mol. The first kappa shape index (κ1) is 16.6. The maximum Gasteiger partial charge on any atom is 0.107 e. The van der Waals surface area contributed by atoms with Crippen molar-refractivity contribution in [1.29, 1.82) is 0 Å². The Hall–Kier alpha value is 1.59. The molecule has 0 saturated heterocycles. The molecular formula is C9H16Cl4Si2. The summed E-state index contributed by atoms with van der Waals surface area (Å²) in [6.07, 6.45) is 4.18. The van der Waals surface area contributed by atoms with E-state index in [-0.39, 0.29) is 9.67 Å². The SMILES string of the molecule is ClC(Cl)CCC[Si]C[Si]CCCC(Cl)Cl. The van der Waals surface area contributed by atoms with E-state index in [2.05, 4.69) is 0 Å². The predicted octanol–water partition coefficient (Wildman–Crippen LogP) is 4.78. The lowest BCUT2D eigenvalue weighted by Crippen LogP contribution is -1.99. The van der Waals surface area contributed by atoms with E-state index in [9.17, 15) is 0 Å². The highest BCUT2D eigenvalue weighted by Crippen LogP contribution is 2.13. The van der Waals surface area contributed by atoms with Crippen LogP contribution in [0.25, 0.3) is 0 Å². The zero-order valence-corrected chi connectivity index (χ0v) is 13.6. The number of halogens is 4. The second-order valence-electron chi connectivity index (χ2n) is 3.24. The van der Waals surface area contributed by atoms with Gasteiger partial charge in [-0.25, -0.2) is 0 Å². The van der Waals surface area contributed by atoms with E-state index in [1.165, 1.54) is 17.8 Å². The fourth-order valence-corrected chi connectivity index (χ4v) is 4.67. The van der Waals surface area contributed by atoms with Gasteiger partial charge in [-0.2, -0.15) is 0 Å². The van der Waals surface area contributed by atoms with E-state index in [4.69, 9.17) is 46.4 Å². The summed E-state index contributed by atoms with van der Waals surface area (Å²) in [5.74, 6) is 0. The fraction of sp³-hybridized carbons (Fsp3) is 1.00. The topological polar surface area (TPSA) is 0 Å². The summed E-state index contributed by atoms with van der Waals surface area (Å²) in [5.41, 5.74) is 1.35. The average molecular weight is 322 g/mol. The first-order chi connectivity index (χ1) is 7.13. The summed E-state index contributed by atoms with van der Waals surface area (Å²) in [6, 6.07) is 2.55. The van der Waals surface area contributed by atoms with Crippen molar-refractivity contribution in [2.75, 3.05) is 0 Å². The van der Waals surface area contributed by atoms with Crippen LogP contribution in [0.2, 0.25) is 17.8 Å². The molecule has 0 aliphatic carbocycles. The van der Waals surface area contributed by atoms with E-state index in [1.54, 1.807) is 0 Å². The van der Waals surface area contributed by atoms with Gasteiger partial charge in [-0.3, -0.25) is 0 Å². The van der Waals surface area contributed by atoms with Crippen LogP contribution in [0.15, 0.2) is 0 Å². The minimum absolute atomic E-state index is 0.179. The van der Waals surface area contributed by atoms with Gasteiger partial charge in [0.15, 0.2) is 0 Å². The Kier molecular flexibility index (Phi) is 13.3. The molecule has 0 amide bonds. The monoisotopic (exact) mass is 320 g/mol. The number of alkyl halides is 4. The Labute approximate surface area is 118 Å². The van der Waals surface area contributed by atoms with Gasteiger partial charge in [0.25, 0.3) is 0 Å². The van der Waals surface area contributed by atoms with Crippen LogP contribution in [0, 0.1) is 0 Å². The molecule has 0 nitrogen and oxygen atoms in total. The van der Waals surface area contributed by atoms with Gasteiger partial charge < -0.3 is 0 Å². The maximum absolute atomic E-state index is 5.63.